The van der Waals surface area contributed by atoms with Crippen LogP contribution in [0.4, 0.5) is 5.95 Å². The molecule has 4 atom stereocenters. The number of aromatic nitrogens is 2. The molecule has 0 amide bonds. The minimum atomic E-state index is -1.26. The summed E-state index contributed by atoms with van der Waals surface area (Å²) in [7, 11) is 0. The first-order valence-electron chi connectivity index (χ1n) is 5.43. The average molecular weight is 257 g/mol. The number of aliphatic hydroxyl groups excluding tert-OH is 3. The topological polar surface area (TPSA) is 131 Å². The van der Waals surface area contributed by atoms with Crippen molar-refractivity contribution in [2.45, 2.75) is 31.5 Å². The molecule has 0 saturated carbocycles. The third-order valence-corrected chi connectivity index (χ3v) is 2.94. The van der Waals surface area contributed by atoms with Crippen molar-refractivity contribution < 1.29 is 20.1 Å². The lowest BCUT2D eigenvalue weighted by molar-refractivity contribution is -0.0523. The number of aryl methyl sites for hydroxylation is 1. The van der Waals surface area contributed by atoms with Crippen LogP contribution in [-0.2, 0) is 4.74 Å². The Morgan fingerprint density at radius 3 is 2.72 bits per heavy atom. The zero-order valence-electron chi connectivity index (χ0n) is 9.72. The standard InChI is InChI=1S/C10H15N3O5/c1-4-2-13(10(11)12-8(4)17)9-7(16)6(15)5(3-14)18-9/h2,5-7,9,14-16H,3H2,1H3,(H2,11,12,17). The number of hydrogen-bond donors (Lipinski definition) is 4. The smallest absolute Gasteiger partial charge is 0.277 e. The third-order valence-electron chi connectivity index (χ3n) is 2.94. The second kappa shape index (κ2) is 4.65. The molecule has 2 heterocycles. The zero-order chi connectivity index (χ0) is 13.4. The van der Waals surface area contributed by atoms with E-state index in [0.29, 0.717) is 5.56 Å². The van der Waals surface area contributed by atoms with E-state index in [2.05, 4.69) is 4.98 Å². The van der Waals surface area contributed by atoms with E-state index in [1.807, 2.05) is 0 Å². The largest absolute Gasteiger partial charge is 0.394 e. The van der Waals surface area contributed by atoms with Crippen LogP contribution >= 0.6 is 0 Å². The molecule has 0 radical (unpaired) electrons. The summed E-state index contributed by atoms with van der Waals surface area (Å²) < 4.78 is 6.55. The van der Waals surface area contributed by atoms with Gasteiger partial charge in [0, 0.05) is 11.8 Å². The van der Waals surface area contributed by atoms with Gasteiger partial charge in [-0.15, -0.1) is 0 Å². The van der Waals surface area contributed by atoms with Crippen molar-refractivity contribution in [1.82, 2.24) is 9.55 Å². The summed E-state index contributed by atoms with van der Waals surface area (Å²) in [5.74, 6) is -0.125. The van der Waals surface area contributed by atoms with Crippen molar-refractivity contribution in [3.05, 3.63) is 22.1 Å². The Balaban J connectivity index is 2.38. The number of hydrogen-bond acceptors (Lipinski definition) is 7. The van der Waals surface area contributed by atoms with Crippen molar-refractivity contribution in [2.24, 2.45) is 0 Å². The summed E-state index contributed by atoms with van der Waals surface area (Å²) >= 11 is 0. The lowest BCUT2D eigenvalue weighted by Gasteiger charge is -2.20. The molecule has 1 aromatic heterocycles. The molecule has 1 saturated heterocycles. The van der Waals surface area contributed by atoms with Gasteiger partial charge in [0.15, 0.2) is 6.23 Å². The maximum absolute atomic E-state index is 11.3. The highest BCUT2D eigenvalue weighted by Gasteiger charge is 2.43. The van der Waals surface area contributed by atoms with Gasteiger partial charge in [-0.3, -0.25) is 9.36 Å². The molecule has 2 rings (SSSR count). The minimum absolute atomic E-state index is 0.125. The van der Waals surface area contributed by atoms with E-state index in [4.69, 9.17) is 15.6 Å². The molecule has 8 nitrogen and oxygen atoms in total. The Morgan fingerprint density at radius 1 is 1.50 bits per heavy atom. The monoisotopic (exact) mass is 257 g/mol. The van der Waals surface area contributed by atoms with Crippen LogP contribution in [0.2, 0.25) is 0 Å². The first-order valence-corrected chi connectivity index (χ1v) is 5.43. The first kappa shape index (κ1) is 13.0. The Kier molecular flexibility index (Phi) is 3.35. The molecule has 1 aromatic rings. The number of aliphatic hydroxyl groups is 3. The Morgan fingerprint density at radius 2 is 2.17 bits per heavy atom. The van der Waals surface area contributed by atoms with Crippen LogP contribution in [-0.4, -0.2) is 49.8 Å². The van der Waals surface area contributed by atoms with E-state index < -0.39 is 36.7 Å². The summed E-state index contributed by atoms with van der Waals surface area (Å²) in [4.78, 5) is 14.9. The molecule has 1 aliphatic rings. The molecule has 100 valence electrons. The van der Waals surface area contributed by atoms with Crippen LogP contribution < -0.4 is 11.3 Å². The van der Waals surface area contributed by atoms with Crippen molar-refractivity contribution in [1.29, 1.82) is 0 Å². The van der Waals surface area contributed by atoms with Crippen LogP contribution in [0, 0.1) is 6.92 Å². The predicted octanol–water partition coefficient (Wildman–Crippen LogP) is -2.25. The molecule has 0 aromatic carbocycles. The lowest BCUT2D eigenvalue weighted by Crippen LogP contribution is -2.33. The van der Waals surface area contributed by atoms with E-state index in [9.17, 15) is 15.0 Å². The highest BCUT2D eigenvalue weighted by Crippen LogP contribution is 2.30. The molecule has 18 heavy (non-hydrogen) atoms. The normalized spacial score (nSPS) is 31.8. The molecule has 4 unspecified atom stereocenters. The van der Waals surface area contributed by atoms with Gasteiger partial charge in [0.1, 0.15) is 18.3 Å². The summed E-state index contributed by atoms with van der Waals surface area (Å²) in [5, 5.41) is 28.4. The summed E-state index contributed by atoms with van der Waals surface area (Å²) in [5.41, 5.74) is 5.45. The second-order valence-corrected chi connectivity index (χ2v) is 4.22. The lowest BCUT2D eigenvalue weighted by atomic mass is 10.1. The third kappa shape index (κ3) is 1.99. The number of nitrogens with two attached hydrogens (primary N) is 1. The fourth-order valence-electron chi connectivity index (χ4n) is 1.89. The van der Waals surface area contributed by atoms with Gasteiger partial charge in [-0.2, -0.15) is 4.98 Å². The van der Waals surface area contributed by atoms with Gasteiger partial charge < -0.3 is 25.8 Å². The van der Waals surface area contributed by atoms with Gasteiger partial charge in [-0.25, -0.2) is 0 Å². The summed E-state index contributed by atoms with van der Waals surface area (Å²) in [6, 6.07) is 0. The van der Waals surface area contributed by atoms with Crippen molar-refractivity contribution in [3.63, 3.8) is 0 Å². The van der Waals surface area contributed by atoms with Gasteiger partial charge in [0.2, 0.25) is 5.95 Å². The number of ether oxygens (including phenoxy) is 1. The van der Waals surface area contributed by atoms with Gasteiger partial charge in [-0.05, 0) is 6.92 Å². The van der Waals surface area contributed by atoms with E-state index >= 15 is 0 Å². The summed E-state index contributed by atoms with van der Waals surface area (Å²) in [6.07, 6.45) is -2.97. The molecule has 8 heteroatoms. The second-order valence-electron chi connectivity index (χ2n) is 4.22. The maximum atomic E-state index is 11.3. The van der Waals surface area contributed by atoms with Crippen LogP contribution in [0.15, 0.2) is 11.0 Å². The SMILES string of the molecule is Cc1cn(C2OC(CO)C(O)C2O)c(N)nc1=O. The number of nitrogens with zero attached hydrogens (tertiary/aromatic N) is 2. The molecule has 1 aliphatic heterocycles. The van der Waals surface area contributed by atoms with Crippen molar-refractivity contribution in [2.75, 3.05) is 12.3 Å². The van der Waals surface area contributed by atoms with Crippen molar-refractivity contribution in [3.8, 4) is 0 Å². The minimum Gasteiger partial charge on any atom is -0.394 e. The Labute approximate surface area is 102 Å². The average Bonchev–Trinajstić information content (AvgIpc) is 2.61. The molecule has 0 aliphatic carbocycles. The van der Waals surface area contributed by atoms with Crippen LogP contribution in [0.3, 0.4) is 0 Å². The fraction of sp³-hybridized carbons (Fsp3) is 0.600. The van der Waals surface area contributed by atoms with E-state index in [1.165, 1.54) is 10.8 Å². The van der Waals surface area contributed by atoms with Gasteiger partial charge in [0.25, 0.3) is 5.56 Å². The highest BCUT2D eigenvalue weighted by atomic mass is 16.6. The zero-order valence-corrected chi connectivity index (χ0v) is 9.72. The van der Waals surface area contributed by atoms with Gasteiger partial charge in [0.05, 0.1) is 6.61 Å². The van der Waals surface area contributed by atoms with Crippen LogP contribution in [0.1, 0.15) is 11.8 Å². The predicted molar refractivity (Wildman–Crippen MR) is 60.7 cm³/mol. The van der Waals surface area contributed by atoms with E-state index in [0.717, 1.165) is 0 Å². The molecule has 1 fully saturated rings. The molecule has 0 spiro atoms. The molecule has 5 N–H and O–H groups in total. The number of rotatable bonds is 2. The Hall–Kier alpha value is -1.48. The number of nitrogen functional groups attached to an aromatic ring is 1. The van der Waals surface area contributed by atoms with Gasteiger partial charge >= 0.3 is 0 Å². The highest BCUT2D eigenvalue weighted by molar-refractivity contribution is 5.21. The van der Waals surface area contributed by atoms with Crippen LogP contribution in [0.25, 0.3) is 0 Å². The van der Waals surface area contributed by atoms with Gasteiger partial charge in [-0.1, -0.05) is 0 Å². The maximum Gasteiger partial charge on any atom is 0.277 e. The molecular formula is C10H15N3O5. The van der Waals surface area contributed by atoms with Crippen molar-refractivity contribution >= 4 is 5.95 Å². The quantitative estimate of drug-likeness (QED) is 0.470. The van der Waals surface area contributed by atoms with E-state index in [1.54, 1.807) is 6.92 Å². The van der Waals surface area contributed by atoms with E-state index in [-0.39, 0.29) is 5.95 Å². The summed E-state index contributed by atoms with van der Waals surface area (Å²) in [6.45, 7) is 1.12. The number of anilines is 1. The first-order chi connectivity index (χ1) is 8.45. The van der Waals surface area contributed by atoms with Crippen LogP contribution in [0.5, 0.6) is 0 Å². The molecule has 0 bridgehead atoms. The molecular weight excluding hydrogens is 242 g/mol. The fourth-order valence-corrected chi connectivity index (χ4v) is 1.89. The Bertz CT molecular complexity index is 503.